The number of aromatic nitrogens is 2. The molecule has 1 rings (SSSR count). The van der Waals surface area contributed by atoms with Crippen LogP contribution in [0.1, 0.15) is 11.9 Å². The summed E-state index contributed by atoms with van der Waals surface area (Å²) >= 11 is 6.87. The SMILES string of the molecule is CCOCc1nnc(Cl)s1. The Morgan fingerprint density at radius 1 is 1.60 bits per heavy atom. The van der Waals surface area contributed by atoms with Crippen LogP contribution in [-0.2, 0) is 11.3 Å². The van der Waals surface area contributed by atoms with Gasteiger partial charge in [-0.25, -0.2) is 0 Å². The van der Waals surface area contributed by atoms with Crippen molar-refractivity contribution in [2.45, 2.75) is 13.5 Å². The molecular formula is C5H7ClN2OS. The number of hydrogen-bond acceptors (Lipinski definition) is 4. The van der Waals surface area contributed by atoms with Gasteiger partial charge in [0.15, 0.2) is 0 Å². The molecule has 0 unspecified atom stereocenters. The van der Waals surface area contributed by atoms with Crippen LogP contribution in [0.15, 0.2) is 0 Å². The number of hydrogen-bond donors (Lipinski definition) is 0. The Kier molecular flexibility index (Phi) is 3.05. The molecule has 0 saturated heterocycles. The molecule has 0 aliphatic heterocycles. The third kappa shape index (κ3) is 2.21. The van der Waals surface area contributed by atoms with E-state index in [0.29, 0.717) is 17.7 Å². The van der Waals surface area contributed by atoms with Crippen LogP contribution >= 0.6 is 22.9 Å². The van der Waals surface area contributed by atoms with Gasteiger partial charge >= 0.3 is 0 Å². The minimum absolute atomic E-state index is 0.467. The van der Waals surface area contributed by atoms with Crippen LogP contribution < -0.4 is 0 Å². The van der Waals surface area contributed by atoms with E-state index in [1.807, 2.05) is 6.92 Å². The van der Waals surface area contributed by atoms with Crippen molar-refractivity contribution in [1.82, 2.24) is 10.2 Å². The van der Waals surface area contributed by atoms with Gasteiger partial charge in [-0.1, -0.05) is 11.3 Å². The van der Waals surface area contributed by atoms with Crippen LogP contribution in [-0.4, -0.2) is 16.8 Å². The molecule has 10 heavy (non-hydrogen) atoms. The lowest BCUT2D eigenvalue weighted by molar-refractivity contribution is 0.133. The van der Waals surface area contributed by atoms with E-state index >= 15 is 0 Å². The molecule has 3 nitrogen and oxygen atoms in total. The zero-order chi connectivity index (χ0) is 7.40. The monoisotopic (exact) mass is 178 g/mol. The van der Waals surface area contributed by atoms with E-state index < -0.39 is 0 Å². The van der Waals surface area contributed by atoms with Gasteiger partial charge in [0.2, 0.25) is 4.47 Å². The average molecular weight is 179 g/mol. The molecule has 0 aliphatic rings. The second kappa shape index (κ2) is 3.85. The molecule has 0 N–H and O–H groups in total. The molecule has 0 amide bonds. The predicted molar refractivity (Wildman–Crippen MR) is 40.2 cm³/mol. The highest BCUT2D eigenvalue weighted by Gasteiger charge is 1.99. The van der Waals surface area contributed by atoms with E-state index in [-0.39, 0.29) is 0 Å². The largest absolute Gasteiger partial charge is 0.374 e. The molecule has 0 bridgehead atoms. The van der Waals surface area contributed by atoms with Crippen LogP contribution in [0.5, 0.6) is 0 Å². The predicted octanol–water partition coefficient (Wildman–Crippen LogP) is 1.73. The van der Waals surface area contributed by atoms with Crippen LogP contribution in [0.25, 0.3) is 0 Å². The lowest BCUT2D eigenvalue weighted by Gasteiger charge is -1.92. The maximum absolute atomic E-state index is 5.53. The molecule has 0 saturated carbocycles. The van der Waals surface area contributed by atoms with Crippen molar-refractivity contribution in [2.24, 2.45) is 0 Å². The first-order chi connectivity index (χ1) is 4.83. The maximum Gasteiger partial charge on any atom is 0.207 e. The van der Waals surface area contributed by atoms with Gasteiger partial charge in [0.05, 0.1) is 0 Å². The highest BCUT2D eigenvalue weighted by atomic mass is 35.5. The summed E-state index contributed by atoms with van der Waals surface area (Å²) in [6.07, 6.45) is 0. The standard InChI is InChI=1S/C5H7ClN2OS/c1-2-9-3-4-7-8-5(6)10-4/h2-3H2,1H3. The zero-order valence-electron chi connectivity index (χ0n) is 5.50. The van der Waals surface area contributed by atoms with Crippen molar-refractivity contribution in [1.29, 1.82) is 0 Å². The van der Waals surface area contributed by atoms with Gasteiger partial charge in [0, 0.05) is 6.61 Å². The molecular weight excluding hydrogens is 172 g/mol. The maximum atomic E-state index is 5.53. The molecule has 0 fully saturated rings. The van der Waals surface area contributed by atoms with Gasteiger partial charge < -0.3 is 4.74 Å². The van der Waals surface area contributed by atoms with Gasteiger partial charge in [-0.3, -0.25) is 0 Å². The molecule has 1 heterocycles. The van der Waals surface area contributed by atoms with E-state index in [2.05, 4.69) is 10.2 Å². The Morgan fingerprint density at radius 2 is 2.40 bits per heavy atom. The van der Waals surface area contributed by atoms with Crippen LogP contribution in [0.4, 0.5) is 0 Å². The lowest BCUT2D eigenvalue weighted by Crippen LogP contribution is -1.90. The highest BCUT2D eigenvalue weighted by Crippen LogP contribution is 2.14. The molecule has 0 spiro atoms. The number of rotatable bonds is 3. The molecule has 0 radical (unpaired) electrons. The minimum atomic E-state index is 0.467. The van der Waals surface area contributed by atoms with E-state index in [4.69, 9.17) is 16.3 Å². The third-order valence-electron chi connectivity index (χ3n) is 0.872. The number of halogens is 1. The van der Waals surface area contributed by atoms with E-state index in [0.717, 1.165) is 5.01 Å². The quantitative estimate of drug-likeness (QED) is 0.707. The van der Waals surface area contributed by atoms with Crippen molar-refractivity contribution in [3.05, 3.63) is 9.47 Å². The fourth-order valence-corrected chi connectivity index (χ4v) is 1.29. The highest BCUT2D eigenvalue weighted by molar-refractivity contribution is 7.15. The Morgan fingerprint density at radius 3 is 2.90 bits per heavy atom. The summed E-state index contributed by atoms with van der Waals surface area (Å²) in [6.45, 7) is 3.14. The van der Waals surface area contributed by atoms with Gasteiger partial charge in [0.25, 0.3) is 0 Å². The first kappa shape index (κ1) is 7.91. The summed E-state index contributed by atoms with van der Waals surface area (Å²) in [7, 11) is 0. The minimum Gasteiger partial charge on any atom is -0.374 e. The molecule has 5 heteroatoms. The third-order valence-corrected chi connectivity index (χ3v) is 1.86. The fourth-order valence-electron chi connectivity index (χ4n) is 0.481. The van der Waals surface area contributed by atoms with Crippen molar-refractivity contribution >= 4 is 22.9 Å². The van der Waals surface area contributed by atoms with Gasteiger partial charge in [-0.15, -0.1) is 10.2 Å². The normalized spacial score (nSPS) is 10.2. The van der Waals surface area contributed by atoms with Gasteiger partial charge in [-0.2, -0.15) is 0 Å². The number of nitrogens with zero attached hydrogens (tertiary/aromatic N) is 2. The average Bonchev–Trinajstić information content (AvgIpc) is 2.31. The molecule has 1 aromatic heterocycles. The van der Waals surface area contributed by atoms with Crippen LogP contribution in [0, 0.1) is 0 Å². The Labute approximate surface area is 68.0 Å². The second-order valence-corrected chi connectivity index (χ2v) is 3.23. The smallest absolute Gasteiger partial charge is 0.207 e. The fraction of sp³-hybridized carbons (Fsp3) is 0.600. The first-order valence-corrected chi connectivity index (χ1v) is 4.08. The van der Waals surface area contributed by atoms with Crippen molar-refractivity contribution < 1.29 is 4.74 Å². The molecule has 0 aliphatic carbocycles. The Hall–Kier alpha value is -0.190. The summed E-state index contributed by atoms with van der Waals surface area (Å²) in [5.74, 6) is 0. The Balaban J connectivity index is 2.42. The molecule has 1 aromatic rings. The zero-order valence-corrected chi connectivity index (χ0v) is 7.08. The van der Waals surface area contributed by atoms with Crippen molar-refractivity contribution in [2.75, 3.05) is 6.61 Å². The van der Waals surface area contributed by atoms with E-state index in [1.165, 1.54) is 11.3 Å². The van der Waals surface area contributed by atoms with Crippen LogP contribution in [0.3, 0.4) is 0 Å². The number of ether oxygens (including phenoxy) is 1. The molecule has 0 atom stereocenters. The first-order valence-electron chi connectivity index (χ1n) is 2.88. The van der Waals surface area contributed by atoms with Crippen molar-refractivity contribution in [3.8, 4) is 0 Å². The van der Waals surface area contributed by atoms with E-state index in [9.17, 15) is 0 Å². The summed E-state index contributed by atoms with van der Waals surface area (Å²) in [5.41, 5.74) is 0. The summed E-state index contributed by atoms with van der Waals surface area (Å²) < 4.78 is 5.55. The summed E-state index contributed by atoms with van der Waals surface area (Å²) in [5, 5.41) is 8.21. The van der Waals surface area contributed by atoms with Gasteiger partial charge in [-0.05, 0) is 18.5 Å². The van der Waals surface area contributed by atoms with E-state index in [1.54, 1.807) is 0 Å². The molecule has 56 valence electrons. The Bertz CT molecular complexity index is 203. The van der Waals surface area contributed by atoms with Gasteiger partial charge in [0.1, 0.15) is 11.6 Å². The lowest BCUT2D eigenvalue weighted by atomic mass is 10.7. The van der Waals surface area contributed by atoms with Crippen molar-refractivity contribution in [3.63, 3.8) is 0 Å². The van der Waals surface area contributed by atoms with Crippen LogP contribution in [0.2, 0.25) is 4.47 Å². The summed E-state index contributed by atoms with van der Waals surface area (Å²) in [4.78, 5) is 0. The summed E-state index contributed by atoms with van der Waals surface area (Å²) in [6, 6.07) is 0. The topological polar surface area (TPSA) is 35.0 Å². The molecule has 0 aromatic carbocycles. The second-order valence-electron chi connectivity index (χ2n) is 1.59.